The van der Waals surface area contributed by atoms with Crippen LogP contribution >= 0.6 is 0 Å². The molecule has 0 aromatic carbocycles. The number of aromatic nitrogens is 2. The molecule has 0 saturated heterocycles. The lowest BCUT2D eigenvalue weighted by molar-refractivity contribution is -0.117. The summed E-state index contributed by atoms with van der Waals surface area (Å²) >= 11 is 0. The molecule has 1 aromatic rings. The fourth-order valence-electron chi connectivity index (χ4n) is 0.741. The topological polar surface area (TPSA) is 80.9 Å². The summed E-state index contributed by atoms with van der Waals surface area (Å²) < 4.78 is 0. The largest absolute Gasteiger partial charge is 0.369 e. The summed E-state index contributed by atoms with van der Waals surface area (Å²) in [5.74, 6) is -0.376. The quantitative estimate of drug-likeness (QED) is 0.604. The number of hydrogen-bond donors (Lipinski definition) is 2. The number of carbonyl (C=O) groups is 1. The molecule has 0 radical (unpaired) electrons. The van der Waals surface area contributed by atoms with Crippen LogP contribution in [0.5, 0.6) is 0 Å². The van der Waals surface area contributed by atoms with E-state index in [1.165, 1.54) is 0 Å². The molecule has 5 nitrogen and oxygen atoms in total. The minimum atomic E-state index is -0.376. The van der Waals surface area contributed by atoms with Crippen LogP contribution in [0.4, 0.5) is 0 Å². The van der Waals surface area contributed by atoms with E-state index >= 15 is 0 Å². The highest BCUT2D eigenvalue weighted by Gasteiger charge is 1.94. The van der Waals surface area contributed by atoms with Gasteiger partial charge in [-0.15, -0.1) is 0 Å². The lowest BCUT2D eigenvalue weighted by Gasteiger charge is -1.99. The van der Waals surface area contributed by atoms with E-state index in [1.54, 1.807) is 12.3 Å². The smallest absolute Gasteiger partial charge is 0.231 e. The number of rotatable bonds is 4. The van der Waals surface area contributed by atoms with E-state index in [4.69, 9.17) is 5.73 Å². The summed E-state index contributed by atoms with van der Waals surface area (Å²) in [5.41, 5.74) is 5.71. The van der Waals surface area contributed by atoms with Gasteiger partial charge in [-0.1, -0.05) is 0 Å². The summed E-state index contributed by atoms with van der Waals surface area (Å²) in [6, 6.07) is 3.61. The Kier molecular flexibility index (Phi) is 3.16. The number of nitrogens with zero attached hydrogens (tertiary/aromatic N) is 2. The summed E-state index contributed by atoms with van der Waals surface area (Å²) in [6.45, 7) is 0.674. The molecule has 1 amide bonds. The Balaban J connectivity index is 2.29. The number of nitrogens with one attached hydrogen (secondary N) is 1. The molecule has 0 aliphatic rings. The number of nitrogens with two attached hydrogens (primary N) is 1. The monoisotopic (exact) mass is 166 g/mol. The maximum absolute atomic E-state index is 10.3. The van der Waals surface area contributed by atoms with Crippen LogP contribution < -0.4 is 11.1 Å². The van der Waals surface area contributed by atoms with Gasteiger partial charge in [-0.05, 0) is 12.1 Å². The first-order valence-corrected chi connectivity index (χ1v) is 3.54. The van der Waals surface area contributed by atoms with Crippen LogP contribution in [-0.4, -0.2) is 22.6 Å². The van der Waals surface area contributed by atoms with Gasteiger partial charge < -0.3 is 11.1 Å². The second kappa shape index (κ2) is 4.40. The van der Waals surface area contributed by atoms with E-state index in [9.17, 15) is 4.79 Å². The van der Waals surface area contributed by atoms with E-state index in [2.05, 4.69) is 15.5 Å². The zero-order valence-electron chi connectivity index (χ0n) is 6.53. The van der Waals surface area contributed by atoms with Crippen LogP contribution in [0.1, 0.15) is 5.69 Å². The molecule has 1 heterocycles. The fraction of sp³-hybridized carbons (Fsp3) is 0.286. The van der Waals surface area contributed by atoms with Gasteiger partial charge in [-0.3, -0.25) is 4.79 Å². The van der Waals surface area contributed by atoms with Gasteiger partial charge in [0, 0.05) is 12.7 Å². The molecule has 5 heteroatoms. The van der Waals surface area contributed by atoms with Crippen LogP contribution in [0.3, 0.4) is 0 Å². The van der Waals surface area contributed by atoms with Crippen LogP contribution in [0.25, 0.3) is 0 Å². The van der Waals surface area contributed by atoms with Crippen molar-refractivity contribution in [2.45, 2.75) is 6.54 Å². The molecule has 1 rings (SSSR count). The van der Waals surface area contributed by atoms with Crippen LogP contribution in [0.15, 0.2) is 18.3 Å². The molecule has 64 valence electrons. The van der Waals surface area contributed by atoms with Gasteiger partial charge in [0.1, 0.15) is 0 Å². The van der Waals surface area contributed by atoms with Gasteiger partial charge in [-0.2, -0.15) is 10.2 Å². The molecule has 1 aromatic heterocycles. The summed E-state index contributed by atoms with van der Waals surface area (Å²) in [4.78, 5) is 10.3. The summed E-state index contributed by atoms with van der Waals surface area (Å²) in [6.07, 6.45) is 1.59. The van der Waals surface area contributed by atoms with Crippen molar-refractivity contribution in [1.29, 1.82) is 0 Å². The highest BCUT2D eigenvalue weighted by atomic mass is 16.1. The third-order valence-corrected chi connectivity index (χ3v) is 1.23. The maximum atomic E-state index is 10.3. The lowest BCUT2D eigenvalue weighted by Crippen LogP contribution is -2.28. The van der Waals surface area contributed by atoms with Crippen molar-refractivity contribution in [3.63, 3.8) is 0 Å². The van der Waals surface area contributed by atoms with Crippen LogP contribution in [0, 0.1) is 0 Å². The second-order valence-electron chi connectivity index (χ2n) is 2.28. The van der Waals surface area contributed by atoms with E-state index in [1.807, 2.05) is 6.07 Å². The van der Waals surface area contributed by atoms with Crippen molar-refractivity contribution in [2.24, 2.45) is 5.73 Å². The van der Waals surface area contributed by atoms with E-state index < -0.39 is 0 Å². The Morgan fingerprint density at radius 1 is 1.67 bits per heavy atom. The van der Waals surface area contributed by atoms with Gasteiger partial charge >= 0.3 is 0 Å². The van der Waals surface area contributed by atoms with Crippen molar-refractivity contribution in [2.75, 3.05) is 6.54 Å². The Labute approximate surface area is 70.0 Å². The molecule has 0 spiro atoms. The minimum absolute atomic E-state index is 0.163. The van der Waals surface area contributed by atoms with Crippen molar-refractivity contribution >= 4 is 5.91 Å². The van der Waals surface area contributed by atoms with Gasteiger partial charge in [0.25, 0.3) is 0 Å². The highest BCUT2D eigenvalue weighted by Crippen LogP contribution is 1.88. The standard InChI is InChI=1S/C7H10N4O/c8-7(12)5-9-4-6-2-1-3-10-11-6/h1-3,9H,4-5H2,(H2,8,12). The first-order valence-electron chi connectivity index (χ1n) is 3.54. The Hall–Kier alpha value is -1.49. The lowest BCUT2D eigenvalue weighted by atomic mass is 10.4. The third-order valence-electron chi connectivity index (χ3n) is 1.23. The molecule has 0 aliphatic heterocycles. The predicted octanol–water partition coefficient (Wildman–Crippen LogP) is -0.949. The zero-order valence-corrected chi connectivity index (χ0v) is 6.53. The first-order chi connectivity index (χ1) is 5.79. The number of hydrogen-bond acceptors (Lipinski definition) is 4. The average Bonchev–Trinajstić information content (AvgIpc) is 2.05. The van der Waals surface area contributed by atoms with Gasteiger partial charge in [0.2, 0.25) is 5.91 Å². The van der Waals surface area contributed by atoms with Crippen LogP contribution in [0.2, 0.25) is 0 Å². The maximum Gasteiger partial charge on any atom is 0.231 e. The zero-order chi connectivity index (χ0) is 8.81. The van der Waals surface area contributed by atoms with E-state index in [0.29, 0.717) is 6.54 Å². The van der Waals surface area contributed by atoms with E-state index in [-0.39, 0.29) is 12.5 Å². The molecule has 0 fully saturated rings. The van der Waals surface area contributed by atoms with Crippen molar-refractivity contribution in [1.82, 2.24) is 15.5 Å². The van der Waals surface area contributed by atoms with Crippen molar-refractivity contribution < 1.29 is 4.79 Å². The molecule has 0 atom stereocenters. The van der Waals surface area contributed by atoms with Crippen molar-refractivity contribution in [3.05, 3.63) is 24.0 Å². The Morgan fingerprint density at radius 2 is 2.50 bits per heavy atom. The fourth-order valence-corrected chi connectivity index (χ4v) is 0.741. The number of amides is 1. The minimum Gasteiger partial charge on any atom is -0.369 e. The van der Waals surface area contributed by atoms with Gasteiger partial charge in [-0.25, -0.2) is 0 Å². The molecule has 0 unspecified atom stereocenters. The Morgan fingerprint density at radius 3 is 3.08 bits per heavy atom. The second-order valence-corrected chi connectivity index (χ2v) is 2.28. The van der Waals surface area contributed by atoms with E-state index in [0.717, 1.165) is 5.69 Å². The molecule has 0 bridgehead atoms. The molecular weight excluding hydrogens is 156 g/mol. The average molecular weight is 166 g/mol. The highest BCUT2D eigenvalue weighted by molar-refractivity contribution is 5.75. The summed E-state index contributed by atoms with van der Waals surface area (Å²) in [5, 5.41) is 10.3. The number of primary amides is 1. The predicted molar refractivity (Wildman–Crippen MR) is 42.9 cm³/mol. The normalized spacial score (nSPS) is 9.67. The molecule has 0 aliphatic carbocycles. The van der Waals surface area contributed by atoms with Gasteiger partial charge in [0.05, 0.1) is 12.2 Å². The number of carbonyl (C=O) groups excluding carboxylic acids is 1. The molecule has 0 saturated carbocycles. The third kappa shape index (κ3) is 3.07. The molecule has 12 heavy (non-hydrogen) atoms. The Bertz CT molecular complexity index is 249. The molecular formula is C7H10N4O. The summed E-state index contributed by atoms with van der Waals surface area (Å²) in [7, 11) is 0. The first kappa shape index (κ1) is 8.61. The molecule has 3 N–H and O–H groups in total. The SMILES string of the molecule is NC(=O)CNCc1cccnn1. The van der Waals surface area contributed by atoms with Crippen LogP contribution in [-0.2, 0) is 11.3 Å². The van der Waals surface area contributed by atoms with Gasteiger partial charge in [0.15, 0.2) is 0 Å². The van der Waals surface area contributed by atoms with Crippen molar-refractivity contribution in [3.8, 4) is 0 Å².